The van der Waals surface area contributed by atoms with Gasteiger partial charge in [0.2, 0.25) is 5.91 Å². The van der Waals surface area contributed by atoms with Crippen LogP contribution >= 0.6 is 0 Å². The van der Waals surface area contributed by atoms with E-state index in [-0.39, 0.29) is 5.91 Å². The van der Waals surface area contributed by atoms with E-state index >= 15 is 0 Å². The van der Waals surface area contributed by atoms with Gasteiger partial charge in [-0.3, -0.25) is 9.36 Å². The van der Waals surface area contributed by atoms with E-state index in [2.05, 4.69) is 5.32 Å². The summed E-state index contributed by atoms with van der Waals surface area (Å²) in [5.41, 5.74) is 4.44. The van der Waals surface area contributed by atoms with Crippen molar-refractivity contribution >= 4 is 22.8 Å². The van der Waals surface area contributed by atoms with Gasteiger partial charge in [0.05, 0.1) is 16.9 Å². The van der Waals surface area contributed by atoms with Crippen molar-refractivity contribution in [1.82, 2.24) is 14.3 Å². The van der Waals surface area contributed by atoms with Crippen molar-refractivity contribution in [3.63, 3.8) is 0 Å². The van der Waals surface area contributed by atoms with Crippen LogP contribution in [0.25, 0.3) is 16.8 Å². The van der Waals surface area contributed by atoms with Gasteiger partial charge in [-0.1, -0.05) is 30.3 Å². The molecular formula is C23H22N4O3. The van der Waals surface area contributed by atoms with Crippen LogP contribution in [0.4, 0.5) is 5.82 Å². The fourth-order valence-corrected chi connectivity index (χ4v) is 4.09. The molecule has 1 N–H and O–H groups in total. The normalized spacial score (nSPS) is 12.9. The molecule has 2 aromatic carbocycles. The Bertz CT molecular complexity index is 1270. The van der Waals surface area contributed by atoms with E-state index in [9.17, 15) is 9.59 Å². The topological polar surface area (TPSA) is 82.1 Å². The zero-order chi connectivity index (χ0) is 20.5. The first kappa shape index (κ1) is 18.4. The number of carbonyl (C=O) groups excluding carboxylic acids is 1. The molecule has 2 heterocycles. The molecule has 152 valence electrons. The van der Waals surface area contributed by atoms with Gasteiger partial charge in [0.25, 0.3) is 0 Å². The number of amides is 1. The Hall–Kier alpha value is -3.61. The predicted octanol–water partition coefficient (Wildman–Crippen LogP) is 3.69. The molecule has 7 nitrogen and oxygen atoms in total. The number of carbonyl (C=O) groups is 1. The second kappa shape index (κ2) is 7.67. The minimum Gasteiger partial charge on any atom is -0.408 e. The molecule has 0 radical (unpaired) electrons. The van der Waals surface area contributed by atoms with Crippen molar-refractivity contribution in [2.45, 2.75) is 38.6 Å². The number of aryl methyl sites for hydroxylation is 2. The Morgan fingerprint density at radius 3 is 2.73 bits per heavy atom. The second-order valence-corrected chi connectivity index (χ2v) is 7.51. The van der Waals surface area contributed by atoms with Crippen LogP contribution in [0.1, 0.15) is 30.5 Å². The van der Waals surface area contributed by atoms with Crippen molar-refractivity contribution in [2.24, 2.45) is 0 Å². The Morgan fingerprint density at radius 1 is 1.07 bits per heavy atom. The average molecular weight is 402 g/mol. The maximum absolute atomic E-state index is 12.7. The first-order chi connectivity index (χ1) is 14.7. The molecule has 1 aliphatic carbocycles. The Balaban J connectivity index is 1.30. The van der Waals surface area contributed by atoms with Gasteiger partial charge >= 0.3 is 5.76 Å². The van der Waals surface area contributed by atoms with E-state index in [1.54, 1.807) is 10.6 Å². The summed E-state index contributed by atoms with van der Waals surface area (Å²) < 4.78 is 8.66. The molecule has 0 fully saturated rings. The zero-order valence-electron chi connectivity index (χ0n) is 16.5. The van der Waals surface area contributed by atoms with Crippen LogP contribution in [0, 0.1) is 0 Å². The molecule has 0 saturated carbocycles. The third-order valence-corrected chi connectivity index (χ3v) is 5.52. The number of hydrogen-bond acceptors (Lipinski definition) is 4. The number of nitrogens with one attached hydrogen (secondary N) is 1. The molecular weight excluding hydrogens is 380 g/mol. The molecule has 0 unspecified atom stereocenters. The fourth-order valence-electron chi connectivity index (χ4n) is 4.09. The number of oxazole rings is 1. The van der Waals surface area contributed by atoms with Gasteiger partial charge in [0, 0.05) is 18.5 Å². The van der Waals surface area contributed by atoms with Crippen molar-refractivity contribution < 1.29 is 9.21 Å². The maximum Gasteiger partial charge on any atom is 0.419 e. The van der Waals surface area contributed by atoms with Crippen molar-refractivity contribution in [3.05, 3.63) is 76.4 Å². The van der Waals surface area contributed by atoms with Crippen LogP contribution in [0.3, 0.4) is 0 Å². The SMILES string of the molecule is O=C(CCCn1c(=O)oc2ccccc21)Nc1c2c(nn1-c1ccccc1)CCC2. The third-order valence-electron chi connectivity index (χ3n) is 5.52. The Kier molecular flexibility index (Phi) is 4.71. The molecule has 7 heteroatoms. The minimum absolute atomic E-state index is 0.0809. The summed E-state index contributed by atoms with van der Waals surface area (Å²) in [5, 5.41) is 7.80. The van der Waals surface area contributed by atoms with E-state index in [4.69, 9.17) is 9.52 Å². The van der Waals surface area contributed by atoms with Gasteiger partial charge in [-0.05, 0) is 49.9 Å². The molecule has 0 saturated heterocycles. The van der Waals surface area contributed by atoms with Crippen LogP contribution in [-0.2, 0) is 24.2 Å². The van der Waals surface area contributed by atoms with E-state index in [0.717, 1.165) is 47.5 Å². The van der Waals surface area contributed by atoms with Crippen LogP contribution in [0.15, 0.2) is 63.8 Å². The predicted molar refractivity (Wildman–Crippen MR) is 114 cm³/mol. The zero-order valence-corrected chi connectivity index (χ0v) is 16.5. The summed E-state index contributed by atoms with van der Waals surface area (Å²) in [6.07, 6.45) is 3.77. The van der Waals surface area contributed by atoms with Gasteiger partial charge in [-0.15, -0.1) is 0 Å². The monoisotopic (exact) mass is 402 g/mol. The van der Waals surface area contributed by atoms with Crippen molar-refractivity contribution in [3.8, 4) is 5.69 Å². The van der Waals surface area contributed by atoms with Gasteiger partial charge < -0.3 is 9.73 Å². The smallest absolute Gasteiger partial charge is 0.408 e. The number of hydrogen-bond donors (Lipinski definition) is 1. The van der Waals surface area contributed by atoms with Gasteiger partial charge in [0.1, 0.15) is 5.82 Å². The average Bonchev–Trinajstić information content (AvgIpc) is 3.43. The number of para-hydroxylation sites is 3. The number of nitrogens with zero attached hydrogens (tertiary/aromatic N) is 3. The van der Waals surface area contributed by atoms with Crippen LogP contribution in [0.2, 0.25) is 0 Å². The molecule has 1 aliphatic rings. The summed E-state index contributed by atoms with van der Waals surface area (Å²) in [5.74, 6) is 0.295. The van der Waals surface area contributed by atoms with Crippen LogP contribution in [-0.4, -0.2) is 20.3 Å². The first-order valence-electron chi connectivity index (χ1n) is 10.2. The standard InChI is InChI=1S/C23H22N4O3/c28-21(14-7-15-26-19-12-4-5-13-20(19)30-23(26)29)24-22-17-10-6-11-18(17)25-27(22)16-8-2-1-3-9-16/h1-5,8-9,12-13H,6-7,10-11,14-15H2,(H,24,28). The number of fused-ring (bicyclic) bond motifs is 2. The van der Waals surface area contributed by atoms with E-state index in [1.807, 2.05) is 53.2 Å². The molecule has 0 atom stereocenters. The molecule has 0 aliphatic heterocycles. The molecule has 0 bridgehead atoms. The van der Waals surface area contributed by atoms with Crippen LogP contribution < -0.4 is 11.1 Å². The molecule has 30 heavy (non-hydrogen) atoms. The summed E-state index contributed by atoms with van der Waals surface area (Å²) >= 11 is 0. The fraction of sp³-hybridized carbons (Fsp3) is 0.261. The number of aromatic nitrogens is 3. The first-order valence-corrected chi connectivity index (χ1v) is 10.2. The molecule has 5 rings (SSSR count). The highest BCUT2D eigenvalue weighted by Gasteiger charge is 2.24. The Labute approximate surface area is 172 Å². The quantitative estimate of drug-likeness (QED) is 0.533. The summed E-state index contributed by atoms with van der Waals surface area (Å²) in [6, 6.07) is 17.2. The molecule has 4 aromatic rings. The lowest BCUT2D eigenvalue weighted by Crippen LogP contribution is -2.18. The third kappa shape index (κ3) is 3.32. The molecule has 0 spiro atoms. The second-order valence-electron chi connectivity index (χ2n) is 7.51. The highest BCUT2D eigenvalue weighted by molar-refractivity contribution is 5.91. The van der Waals surface area contributed by atoms with E-state index in [1.165, 1.54) is 0 Å². The summed E-state index contributed by atoms with van der Waals surface area (Å²) in [4.78, 5) is 24.8. The van der Waals surface area contributed by atoms with Gasteiger partial charge in [-0.2, -0.15) is 5.10 Å². The highest BCUT2D eigenvalue weighted by atomic mass is 16.4. The van der Waals surface area contributed by atoms with Gasteiger partial charge in [-0.25, -0.2) is 9.48 Å². The summed E-state index contributed by atoms with van der Waals surface area (Å²) in [6.45, 7) is 0.430. The summed E-state index contributed by atoms with van der Waals surface area (Å²) in [7, 11) is 0. The molecule has 1 amide bonds. The molecule has 2 aromatic heterocycles. The van der Waals surface area contributed by atoms with Crippen LogP contribution in [0.5, 0.6) is 0 Å². The lowest BCUT2D eigenvalue weighted by molar-refractivity contribution is -0.116. The van der Waals surface area contributed by atoms with Crippen molar-refractivity contribution in [1.29, 1.82) is 0 Å². The number of rotatable bonds is 6. The minimum atomic E-state index is -0.392. The van der Waals surface area contributed by atoms with Crippen molar-refractivity contribution in [2.75, 3.05) is 5.32 Å². The largest absolute Gasteiger partial charge is 0.419 e. The number of anilines is 1. The lowest BCUT2D eigenvalue weighted by Gasteiger charge is -2.11. The lowest BCUT2D eigenvalue weighted by atomic mass is 10.2. The van der Waals surface area contributed by atoms with E-state index < -0.39 is 5.76 Å². The van der Waals surface area contributed by atoms with E-state index in [0.29, 0.717) is 25.0 Å². The highest BCUT2D eigenvalue weighted by Crippen LogP contribution is 2.31. The number of benzene rings is 2. The Morgan fingerprint density at radius 2 is 1.87 bits per heavy atom. The van der Waals surface area contributed by atoms with Gasteiger partial charge in [0.15, 0.2) is 5.58 Å². The maximum atomic E-state index is 12.7.